The highest BCUT2D eigenvalue weighted by molar-refractivity contribution is 7.89. The maximum atomic E-state index is 13.0. The second-order valence-corrected chi connectivity index (χ2v) is 8.59. The highest BCUT2D eigenvalue weighted by atomic mass is 35.5. The summed E-state index contributed by atoms with van der Waals surface area (Å²) < 4.78 is 27.4. The van der Waals surface area contributed by atoms with Crippen LogP contribution in [0.5, 0.6) is 0 Å². The van der Waals surface area contributed by atoms with E-state index >= 15 is 0 Å². The molecule has 0 saturated carbocycles. The fourth-order valence-electron chi connectivity index (χ4n) is 3.00. The molecule has 27 heavy (non-hydrogen) atoms. The average Bonchev–Trinajstić information content (AvgIpc) is 2.66. The average molecular weight is 414 g/mol. The van der Waals surface area contributed by atoms with Crippen molar-refractivity contribution in [2.75, 3.05) is 19.6 Å². The number of amides is 2. The van der Waals surface area contributed by atoms with E-state index in [-0.39, 0.29) is 24.0 Å². The highest BCUT2D eigenvalue weighted by Crippen LogP contribution is 2.27. The first-order valence-corrected chi connectivity index (χ1v) is 10.6. The van der Waals surface area contributed by atoms with Crippen LogP contribution < -0.4 is 10.6 Å². The first-order chi connectivity index (χ1) is 12.9. The molecule has 2 rings (SSSR count). The molecule has 0 spiro atoms. The summed E-state index contributed by atoms with van der Waals surface area (Å²) in [6, 6.07) is 5.87. The number of carbonyl (C=O) groups is 2. The van der Waals surface area contributed by atoms with Crippen molar-refractivity contribution in [2.45, 2.75) is 36.6 Å². The minimum absolute atomic E-state index is 0.201. The van der Waals surface area contributed by atoms with Gasteiger partial charge in [0.05, 0.1) is 4.90 Å². The van der Waals surface area contributed by atoms with Gasteiger partial charge in [-0.3, -0.25) is 9.59 Å². The van der Waals surface area contributed by atoms with Crippen LogP contribution >= 0.6 is 11.6 Å². The molecule has 1 aliphatic rings. The molecule has 148 valence electrons. The predicted molar refractivity (Wildman–Crippen MR) is 104 cm³/mol. The van der Waals surface area contributed by atoms with Crippen LogP contribution in [0.3, 0.4) is 0 Å². The Balaban J connectivity index is 1.98. The lowest BCUT2D eigenvalue weighted by molar-refractivity contribution is -0.139. The number of halogens is 1. The van der Waals surface area contributed by atoms with Gasteiger partial charge in [0.1, 0.15) is 0 Å². The Morgan fingerprint density at radius 3 is 2.52 bits per heavy atom. The number of nitrogens with zero attached hydrogens (tertiary/aromatic N) is 1. The number of benzene rings is 1. The van der Waals surface area contributed by atoms with Crippen molar-refractivity contribution >= 4 is 33.4 Å². The molecule has 1 aliphatic heterocycles. The summed E-state index contributed by atoms with van der Waals surface area (Å²) in [4.78, 5) is 23.5. The molecular weight excluding hydrogens is 390 g/mol. The van der Waals surface area contributed by atoms with Gasteiger partial charge in [0, 0.05) is 30.7 Å². The summed E-state index contributed by atoms with van der Waals surface area (Å²) in [6.45, 7) is 4.32. The van der Waals surface area contributed by atoms with E-state index in [1.807, 2.05) is 0 Å². The molecule has 1 fully saturated rings. The Kier molecular flexibility index (Phi) is 7.82. The van der Waals surface area contributed by atoms with Gasteiger partial charge in [0.25, 0.3) is 0 Å². The zero-order valence-electron chi connectivity index (χ0n) is 15.0. The van der Waals surface area contributed by atoms with Gasteiger partial charge in [-0.05, 0) is 43.5 Å². The maximum Gasteiger partial charge on any atom is 0.309 e. The summed E-state index contributed by atoms with van der Waals surface area (Å²) in [5.74, 6) is -1.47. The van der Waals surface area contributed by atoms with Gasteiger partial charge in [-0.2, -0.15) is 4.31 Å². The number of sulfonamides is 1. The molecule has 0 aromatic heterocycles. The van der Waals surface area contributed by atoms with E-state index in [1.165, 1.54) is 22.5 Å². The summed E-state index contributed by atoms with van der Waals surface area (Å²) >= 11 is 5.84. The molecule has 1 atom stereocenters. The second kappa shape index (κ2) is 9.87. The molecule has 9 heteroatoms. The van der Waals surface area contributed by atoms with Crippen molar-refractivity contribution in [3.8, 4) is 0 Å². The third-order valence-electron chi connectivity index (χ3n) is 4.37. The lowest BCUT2D eigenvalue weighted by Crippen LogP contribution is -2.46. The molecule has 0 unspecified atom stereocenters. The zero-order chi connectivity index (χ0) is 19.9. The van der Waals surface area contributed by atoms with Gasteiger partial charge in [-0.15, -0.1) is 6.58 Å². The van der Waals surface area contributed by atoms with Crippen molar-refractivity contribution in [1.82, 2.24) is 14.9 Å². The topological polar surface area (TPSA) is 95.6 Å². The normalized spacial score (nSPS) is 17.9. The number of rotatable bonds is 7. The smallest absolute Gasteiger partial charge is 0.309 e. The molecule has 7 nitrogen and oxygen atoms in total. The van der Waals surface area contributed by atoms with Crippen molar-refractivity contribution in [2.24, 2.45) is 0 Å². The first-order valence-electron chi connectivity index (χ1n) is 8.80. The van der Waals surface area contributed by atoms with Crippen LogP contribution in [0.25, 0.3) is 0 Å². The third kappa shape index (κ3) is 5.79. The van der Waals surface area contributed by atoms with Crippen LogP contribution in [0, 0.1) is 0 Å². The van der Waals surface area contributed by atoms with Gasteiger partial charge >= 0.3 is 11.8 Å². The van der Waals surface area contributed by atoms with Crippen molar-refractivity contribution in [1.29, 1.82) is 0 Å². The SMILES string of the molecule is C=CCNC(=O)C(=O)NCC[C@H]1CCCCN1S(=O)(=O)c1ccc(Cl)cc1. The van der Waals surface area contributed by atoms with Crippen LogP contribution in [-0.4, -0.2) is 50.2 Å². The third-order valence-corrected chi connectivity index (χ3v) is 6.59. The lowest BCUT2D eigenvalue weighted by atomic mass is 10.0. The molecule has 1 aromatic rings. The Morgan fingerprint density at radius 2 is 1.85 bits per heavy atom. The second-order valence-electron chi connectivity index (χ2n) is 6.26. The monoisotopic (exact) mass is 413 g/mol. The van der Waals surface area contributed by atoms with Crippen LogP contribution in [0.1, 0.15) is 25.7 Å². The number of carbonyl (C=O) groups excluding carboxylic acids is 2. The summed E-state index contributed by atoms with van der Waals surface area (Å²) in [6.07, 6.45) is 4.34. The highest BCUT2D eigenvalue weighted by Gasteiger charge is 2.33. The van der Waals surface area contributed by atoms with Gasteiger partial charge in [0.15, 0.2) is 0 Å². The van der Waals surface area contributed by atoms with Crippen LogP contribution in [0.15, 0.2) is 41.8 Å². The van der Waals surface area contributed by atoms with Crippen molar-refractivity contribution in [3.05, 3.63) is 41.9 Å². The van der Waals surface area contributed by atoms with E-state index in [4.69, 9.17) is 11.6 Å². The summed E-state index contributed by atoms with van der Waals surface area (Å²) in [5, 5.41) is 5.40. The molecule has 1 aromatic carbocycles. The molecular formula is C18H24ClN3O4S. The molecule has 1 heterocycles. The lowest BCUT2D eigenvalue weighted by Gasteiger charge is -2.34. The first kappa shape index (κ1) is 21.4. The van der Waals surface area contributed by atoms with E-state index < -0.39 is 21.8 Å². The molecule has 1 saturated heterocycles. The standard InChI is InChI=1S/C18H24ClN3O4S/c1-2-11-20-17(23)18(24)21-12-10-15-5-3-4-13-22(15)27(25,26)16-8-6-14(19)7-9-16/h2,6-9,15H,1,3-5,10-13H2,(H,20,23)(H,21,24)/t15-/m1/s1. The quantitative estimate of drug-likeness (QED) is 0.525. The molecule has 2 N–H and O–H groups in total. The van der Waals surface area contributed by atoms with Gasteiger partial charge < -0.3 is 10.6 Å². The Morgan fingerprint density at radius 1 is 1.19 bits per heavy atom. The maximum absolute atomic E-state index is 13.0. The van der Waals surface area contributed by atoms with Crippen LogP contribution in [0.4, 0.5) is 0 Å². The Hall–Kier alpha value is -1.90. The minimum atomic E-state index is -3.64. The minimum Gasteiger partial charge on any atom is -0.348 e. The van der Waals surface area contributed by atoms with E-state index in [2.05, 4.69) is 17.2 Å². The van der Waals surface area contributed by atoms with Gasteiger partial charge in [0.2, 0.25) is 10.0 Å². The Bertz CT molecular complexity index is 780. The van der Waals surface area contributed by atoms with E-state index in [0.29, 0.717) is 24.4 Å². The van der Waals surface area contributed by atoms with Crippen LogP contribution in [0.2, 0.25) is 5.02 Å². The predicted octanol–water partition coefficient (Wildman–Crippen LogP) is 1.69. The van der Waals surface area contributed by atoms with E-state index in [9.17, 15) is 18.0 Å². The Labute approximate surface area is 164 Å². The summed E-state index contributed by atoms with van der Waals surface area (Å²) in [5.41, 5.74) is 0. The summed E-state index contributed by atoms with van der Waals surface area (Å²) in [7, 11) is -3.64. The molecule has 0 aliphatic carbocycles. The van der Waals surface area contributed by atoms with Gasteiger partial charge in [-0.25, -0.2) is 8.42 Å². The number of piperidine rings is 1. The number of hydrogen-bond donors (Lipinski definition) is 2. The van der Waals surface area contributed by atoms with E-state index in [0.717, 1.165) is 12.8 Å². The fraction of sp³-hybridized carbons (Fsp3) is 0.444. The van der Waals surface area contributed by atoms with E-state index in [1.54, 1.807) is 12.1 Å². The largest absolute Gasteiger partial charge is 0.348 e. The molecule has 0 radical (unpaired) electrons. The van der Waals surface area contributed by atoms with Crippen molar-refractivity contribution in [3.63, 3.8) is 0 Å². The van der Waals surface area contributed by atoms with Gasteiger partial charge in [-0.1, -0.05) is 24.1 Å². The number of nitrogens with one attached hydrogen (secondary N) is 2. The van der Waals surface area contributed by atoms with Crippen molar-refractivity contribution < 1.29 is 18.0 Å². The molecule has 2 amide bonds. The zero-order valence-corrected chi connectivity index (χ0v) is 16.6. The fourth-order valence-corrected chi connectivity index (χ4v) is 4.85. The van der Waals surface area contributed by atoms with Crippen LogP contribution in [-0.2, 0) is 19.6 Å². The molecule has 0 bridgehead atoms. The number of hydrogen-bond acceptors (Lipinski definition) is 4.